The largest absolute Gasteiger partial charge is 0.448 e. The standard InChI is InChI=1S/C19H15F2N5O3.ClH/c20-14-3-2-12(26-16(27)15-4-1-11(6-22)7-24-15)5-13(14)19-10-28-9-18(19,21)8-25-17(23)29-19;/h1-5,7H,8-10H2,(H2,23,25)(H,26,27);1H/t18-,19-;/m1./s1. The number of hydrogen-bond acceptors (Lipinski definition) is 7. The van der Waals surface area contributed by atoms with Crippen LogP contribution in [0.25, 0.3) is 0 Å². The SMILES string of the molecule is Cl.N#Cc1ccc(C(=O)Nc2ccc(F)c([C@]34COC[C@]3(F)CN=C(N)O4)c2)nc1. The summed E-state index contributed by atoms with van der Waals surface area (Å²) in [5.74, 6) is -1.31. The molecule has 3 heterocycles. The van der Waals surface area contributed by atoms with Crippen molar-refractivity contribution < 1.29 is 23.0 Å². The first-order chi connectivity index (χ1) is 13.9. The molecule has 1 aromatic carbocycles. The van der Waals surface area contributed by atoms with Gasteiger partial charge in [0.05, 0.1) is 25.3 Å². The van der Waals surface area contributed by atoms with Crippen LogP contribution >= 0.6 is 12.4 Å². The Morgan fingerprint density at radius 3 is 2.80 bits per heavy atom. The van der Waals surface area contributed by atoms with Gasteiger partial charge < -0.3 is 20.5 Å². The third-order valence-corrected chi connectivity index (χ3v) is 4.91. The van der Waals surface area contributed by atoms with Crippen molar-refractivity contribution in [1.29, 1.82) is 5.26 Å². The zero-order valence-corrected chi connectivity index (χ0v) is 16.2. The third-order valence-electron chi connectivity index (χ3n) is 4.91. The maximum absolute atomic E-state index is 15.5. The summed E-state index contributed by atoms with van der Waals surface area (Å²) in [5.41, 5.74) is 2.13. The third kappa shape index (κ3) is 3.42. The van der Waals surface area contributed by atoms with Gasteiger partial charge in [0.1, 0.15) is 17.6 Å². The van der Waals surface area contributed by atoms with E-state index in [4.69, 9.17) is 20.5 Å². The van der Waals surface area contributed by atoms with Gasteiger partial charge in [-0.1, -0.05) is 0 Å². The summed E-state index contributed by atoms with van der Waals surface area (Å²) >= 11 is 0. The molecule has 1 fully saturated rings. The zero-order valence-electron chi connectivity index (χ0n) is 15.4. The van der Waals surface area contributed by atoms with Crippen LogP contribution in [-0.4, -0.2) is 42.3 Å². The number of halogens is 3. The molecule has 8 nitrogen and oxygen atoms in total. The summed E-state index contributed by atoms with van der Waals surface area (Å²) in [6.07, 6.45) is 1.26. The van der Waals surface area contributed by atoms with Crippen molar-refractivity contribution in [3.05, 3.63) is 59.2 Å². The van der Waals surface area contributed by atoms with E-state index in [1.165, 1.54) is 30.5 Å². The highest BCUT2D eigenvalue weighted by Gasteiger charge is 2.63. The van der Waals surface area contributed by atoms with E-state index in [1.54, 1.807) is 0 Å². The first-order valence-corrected chi connectivity index (χ1v) is 8.60. The number of carbonyl (C=O) groups excluding carboxylic acids is 1. The molecular weight excluding hydrogens is 420 g/mol. The maximum atomic E-state index is 15.5. The fourth-order valence-electron chi connectivity index (χ4n) is 3.39. The molecule has 0 unspecified atom stereocenters. The lowest BCUT2D eigenvalue weighted by Crippen LogP contribution is -2.57. The number of fused-ring (bicyclic) bond motifs is 1. The van der Waals surface area contributed by atoms with Gasteiger partial charge in [0.2, 0.25) is 5.60 Å². The average Bonchev–Trinajstić information content (AvgIpc) is 3.06. The monoisotopic (exact) mass is 435 g/mol. The molecule has 2 aromatic rings. The molecule has 156 valence electrons. The Morgan fingerprint density at radius 1 is 1.30 bits per heavy atom. The summed E-state index contributed by atoms with van der Waals surface area (Å²) in [6, 6.07) is 8.17. The highest BCUT2D eigenvalue weighted by molar-refractivity contribution is 6.02. The number of nitrogens with two attached hydrogens (primary N) is 1. The molecule has 1 aromatic heterocycles. The molecule has 2 aliphatic rings. The highest BCUT2D eigenvalue weighted by Crippen LogP contribution is 2.48. The van der Waals surface area contributed by atoms with Gasteiger partial charge in [0.25, 0.3) is 11.9 Å². The number of carbonyl (C=O) groups is 1. The molecule has 0 spiro atoms. The van der Waals surface area contributed by atoms with E-state index < -0.39 is 23.0 Å². The molecular formula is C19H16ClF2N5O3. The van der Waals surface area contributed by atoms with Crippen LogP contribution in [0.4, 0.5) is 14.5 Å². The van der Waals surface area contributed by atoms with Crippen LogP contribution < -0.4 is 11.1 Å². The molecule has 0 saturated carbocycles. The topological polar surface area (TPSA) is 123 Å². The zero-order chi connectivity index (χ0) is 20.6. The number of ether oxygens (including phenoxy) is 2. The average molecular weight is 436 g/mol. The summed E-state index contributed by atoms with van der Waals surface area (Å²) in [4.78, 5) is 20.1. The van der Waals surface area contributed by atoms with Gasteiger partial charge in [-0.15, -0.1) is 12.4 Å². The summed E-state index contributed by atoms with van der Waals surface area (Å²) in [6.45, 7) is -0.912. The number of anilines is 1. The smallest absolute Gasteiger partial charge is 0.283 e. The van der Waals surface area contributed by atoms with E-state index in [0.717, 1.165) is 6.07 Å². The number of aromatic nitrogens is 1. The molecule has 0 bridgehead atoms. The number of amidine groups is 1. The molecule has 1 amide bonds. The van der Waals surface area contributed by atoms with E-state index in [-0.39, 0.29) is 55.1 Å². The van der Waals surface area contributed by atoms with Crippen molar-refractivity contribution in [3.63, 3.8) is 0 Å². The quantitative estimate of drug-likeness (QED) is 0.760. The van der Waals surface area contributed by atoms with Crippen LogP contribution in [0.5, 0.6) is 0 Å². The fourth-order valence-corrected chi connectivity index (χ4v) is 3.39. The molecule has 0 radical (unpaired) electrons. The summed E-state index contributed by atoms with van der Waals surface area (Å²) in [7, 11) is 0. The highest BCUT2D eigenvalue weighted by atomic mass is 35.5. The van der Waals surface area contributed by atoms with E-state index in [1.807, 2.05) is 6.07 Å². The van der Waals surface area contributed by atoms with Crippen molar-refractivity contribution in [2.45, 2.75) is 11.3 Å². The van der Waals surface area contributed by atoms with Crippen LogP contribution in [0.15, 0.2) is 41.5 Å². The van der Waals surface area contributed by atoms with Gasteiger partial charge in [-0.05, 0) is 30.3 Å². The Hall–Kier alpha value is -3.29. The Kier molecular flexibility index (Phi) is 5.61. The lowest BCUT2D eigenvalue weighted by molar-refractivity contribution is -0.0718. The number of nitrogens with zero attached hydrogens (tertiary/aromatic N) is 3. The van der Waals surface area contributed by atoms with Crippen LogP contribution in [-0.2, 0) is 15.1 Å². The number of hydrogen-bond donors (Lipinski definition) is 2. The van der Waals surface area contributed by atoms with E-state index in [0.29, 0.717) is 5.56 Å². The lowest BCUT2D eigenvalue weighted by atomic mass is 9.80. The van der Waals surface area contributed by atoms with Crippen LogP contribution in [0, 0.1) is 17.1 Å². The second kappa shape index (κ2) is 7.85. The summed E-state index contributed by atoms with van der Waals surface area (Å²) in [5, 5.41) is 11.4. The minimum Gasteiger partial charge on any atom is -0.448 e. The van der Waals surface area contributed by atoms with Gasteiger partial charge in [-0.2, -0.15) is 5.26 Å². The van der Waals surface area contributed by atoms with Crippen molar-refractivity contribution in [1.82, 2.24) is 4.98 Å². The number of pyridine rings is 1. The predicted molar refractivity (Wildman–Crippen MR) is 104 cm³/mol. The number of alkyl halides is 1. The Bertz CT molecular complexity index is 1060. The first-order valence-electron chi connectivity index (χ1n) is 8.60. The van der Waals surface area contributed by atoms with E-state index in [9.17, 15) is 9.18 Å². The van der Waals surface area contributed by atoms with Gasteiger partial charge in [0, 0.05) is 17.4 Å². The lowest BCUT2D eigenvalue weighted by Gasteiger charge is -2.40. The minimum atomic E-state index is -2.10. The Labute approximate surface area is 176 Å². The minimum absolute atomic E-state index is 0. The molecule has 3 N–H and O–H groups in total. The molecule has 2 aliphatic heterocycles. The Balaban J connectivity index is 0.00000256. The molecule has 2 atom stereocenters. The van der Waals surface area contributed by atoms with E-state index in [2.05, 4.69) is 15.3 Å². The number of nitriles is 1. The van der Waals surface area contributed by atoms with Crippen LogP contribution in [0.3, 0.4) is 0 Å². The number of aliphatic imine (C=N–C) groups is 1. The molecule has 1 saturated heterocycles. The molecule has 30 heavy (non-hydrogen) atoms. The number of benzene rings is 1. The van der Waals surface area contributed by atoms with Gasteiger partial charge >= 0.3 is 0 Å². The van der Waals surface area contributed by atoms with Crippen molar-refractivity contribution in [2.75, 3.05) is 25.1 Å². The fraction of sp³-hybridized carbons (Fsp3) is 0.263. The predicted octanol–water partition coefficient (Wildman–Crippen LogP) is 2.05. The van der Waals surface area contributed by atoms with Crippen molar-refractivity contribution >= 4 is 30.0 Å². The van der Waals surface area contributed by atoms with Crippen molar-refractivity contribution in [2.24, 2.45) is 10.7 Å². The van der Waals surface area contributed by atoms with E-state index >= 15 is 4.39 Å². The number of rotatable bonds is 3. The molecule has 11 heteroatoms. The maximum Gasteiger partial charge on any atom is 0.283 e. The second-order valence-electron chi connectivity index (χ2n) is 6.73. The van der Waals surface area contributed by atoms with Crippen LogP contribution in [0.2, 0.25) is 0 Å². The normalized spacial score (nSPS) is 24.5. The number of nitrogens with one attached hydrogen (secondary N) is 1. The molecule has 0 aliphatic carbocycles. The van der Waals surface area contributed by atoms with Crippen LogP contribution in [0.1, 0.15) is 21.6 Å². The van der Waals surface area contributed by atoms with Gasteiger partial charge in [-0.25, -0.2) is 18.8 Å². The number of amides is 1. The second-order valence-corrected chi connectivity index (χ2v) is 6.73. The van der Waals surface area contributed by atoms with Gasteiger partial charge in [-0.3, -0.25) is 4.79 Å². The van der Waals surface area contributed by atoms with Crippen molar-refractivity contribution in [3.8, 4) is 6.07 Å². The Morgan fingerprint density at radius 2 is 2.10 bits per heavy atom. The summed E-state index contributed by atoms with van der Waals surface area (Å²) < 4.78 is 40.9. The molecule has 4 rings (SSSR count). The first kappa shape index (κ1) is 21.4. The van der Waals surface area contributed by atoms with Gasteiger partial charge in [0.15, 0.2) is 5.67 Å².